The molecular weight excluding hydrogens is 326 g/mol. The molecule has 2 aromatic carbocycles. The molecule has 0 spiro atoms. The molecule has 1 aromatic heterocycles. The van der Waals surface area contributed by atoms with Crippen LogP contribution in [0.3, 0.4) is 0 Å². The summed E-state index contributed by atoms with van der Waals surface area (Å²) in [5.41, 5.74) is 5.97. The lowest BCUT2D eigenvalue weighted by Crippen LogP contribution is -2.33. The minimum atomic E-state index is -0.230. The smallest absolute Gasteiger partial charge is 0.272 e. The van der Waals surface area contributed by atoms with Gasteiger partial charge in [-0.2, -0.15) is 0 Å². The van der Waals surface area contributed by atoms with Gasteiger partial charge < -0.3 is 5.32 Å². The van der Waals surface area contributed by atoms with E-state index < -0.39 is 0 Å². The molecule has 1 amide bonds. The minimum absolute atomic E-state index is 0.0208. The zero-order valence-electron chi connectivity index (χ0n) is 15.6. The maximum atomic E-state index is 12.5. The SMILES string of the molecule is Cc1ccc(CNC(=O)Cn2c(=O)c(C)nc3cc(C)c(C)cc32)cc1. The summed E-state index contributed by atoms with van der Waals surface area (Å²) in [6, 6.07) is 11.9. The van der Waals surface area contributed by atoms with Gasteiger partial charge in [-0.3, -0.25) is 14.2 Å². The van der Waals surface area contributed by atoms with E-state index in [4.69, 9.17) is 0 Å². The molecule has 0 saturated heterocycles. The summed E-state index contributed by atoms with van der Waals surface area (Å²) in [4.78, 5) is 29.3. The first kappa shape index (κ1) is 17.9. The summed E-state index contributed by atoms with van der Waals surface area (Å²) >= 11 is 0. The molecule has 0 radical (unpaired) electrons. The van der Waals surface area contributed by atoms with Crippen LogP contribution in [-0.2, 0) is 17.9 Å². The fourth-order valence-corrected chi connectivity index (χ4v) is 2.89. The molecule has 0 aliphatic heterocycles. The van der Waals surface area contributed by atoms with Gasteiger partial charge >= 0.3 is 0 Å². The van der Waals surface area contributed by atoms with Crippen molar-refractivity contribution < 1.29 is 4.79 Å². The number of rotatable bonds is 4. The first-order valence-corrected chi connectivity index (χ1v) is 8.66. The molecule has 0 atom stereocenters. The van der Waals surface area contributed by atoms with Crippen molar-refractivity contribution in [3.63, 3.8) is 0 Å². The average Bonchev–Trinajstić information content (AvgIpc) is 2.60. The molecule has 1 N–H and O–H groups in total. The summed E-state index contributed by atoms with van der Waals surface area (Å²) in [6.45, 7) is 8.12. The van der Waals surface area contributed by atoms with Crippen LogP contribution in [0.25, 0.3) is 11.0 Å². The predicted octanol–water partition coefficient (Wildman–Crippen LogP) is 2.95. The Morgan fingerprint density at radius 3 is 2.38 bits per heavy atom. The Morgan fingerprint density at radius 2 is 1.69 bits per heavy atom. The van der Waals surface area contributed by atoms with Crippen LogP contribution in [0, 0.1) is 27.7 Å². The molecule has 0 aliphatic rings. The maximum Gasteiger partial charge on any atom is 0.272 e. The molecule has 5 nitrogen and oxygen atoms in total. The van der Waals surface area contributed by atoms with Crippen LogP contribution in [0.2, 0.25) is 0 Å². The van der Waals surface area contributed by atoms with E-state index in [0.717, 1.165) is 22.2 Å². The van der Waals surface area contributed by atoms with Crippen molar-refractivity contribution in [1.82, 2.24) is 14.9 Å². The monoisotopic (exact) mass is 349 g/mol. The topological polar surface area (TPSA) is 64.0 Å². The Bertz CT molecular complexity index is 1030. The van der Waals surface area contributed by atoms with Gasteiger partial charge in [0.05, 0.1) is 11.0 Å². The van der Waals surface area contributed by atoms with Crippen molar-refractivity contribution in [2.24, 2.45) is 0 Å². The summed E-state index contributed by atoms with van der Waals surface area (Å²) in [5, 5.41) is 2.89. The van der Waals surface area contributed by atoms with Crippen molar-refractivity contribution in [2.45, 2.75) is 40.8 Å². The number of nitrogens with zero attached hydrogens (tertiary/aromatic N) is 2. The number of hydrogen-bond acceptors (Lipinski definition) is 3. The molecular formula is C21H23N3O2. The van der Waals surface area contributed by atoms with Crippen molar-refractivity contribution in [3.8, 4) is 0 Å². The highest BCUT2D eigenvalue weighted by Crippen LogP contribution is 2.17. The average molecular weight is 349 g/mol. The fraction of sp³-hybridized carbons (Fsp3) is 0.286. The number of aryl methyl sites for hydroxylation is 4. The molecule has 3 rings (SSSR count). The summed E-state index contributed by atoms with van der Waals surface area (Å²) in [6.07, 6.45) is 0. The van der Waals surface area contributed by atoms with Gasteiger partial charge in [0, 0.05) is 6.54 Å². The molecule has 0 bridgehead atoms. The van der Waals surface area contributed by atoms with Crippen molar-refractivity contribution in [2.75, 3.05) is 0 Å². The molecule has 5 heteroatoms. The Labute approximate surface area is 152 Å². The van der Waals surface area contributed by atoms with Gasteiger partial charge in [-0.25, -0.2) is 4.98 Å². The van der Waals surface area contributed by atoms with E-state index in [1.807, 2.05) is 57.2 Å². The normalized spacial score (nSPS) is 10.9. The van der Waals surface area contributed by atoms with Gasteiger partial charge in [0.25, 0.3) is 5.56 Å². The van der Waals surface area contributed by atoms with Gasteiger partial charge in [-0.15, -0.1) is 0 Å². The van der Waals surface area contributed by atoms with E-state index in [2.05, 4.69) is 10.3 Å². The van der Waals surface area contributed by atoms with Crippen molar-refractivity contribution >= 4 is 16.9 Å². The maximum absolute atomic E-state index is 12.5. The second kappa shape index (κ2) is 7.12. The van der Waals surface area contributed by atoms with Gasteiger partial charge in [0.1, 0.15) is 12.2 Å². The summed E-state index contributed by atoms with van der Waals surface area (Å²) in [5.74, 6) is -0.196. The first-order chi connectivity index (χ1) is 12.3. The molecule has 0 fully saturated rings. The lowest BCUT2D eigenvalue weighted by atomic mass is 10.1. The van der Waals surface area contributed by atoms with Crippen LogP contribution >= 0.6 is 0 Å². The van der Waals surface area contributed by atoms with Gasteiger partial charge in [-0.1, -0.05) is 29.8 Å². The third-order valence-electron chi connectivity index (χ3n) is 4.64. The molecule has 0 saturated carbocycles. The van der Waals surface area contributed by atoms with Gasteiger partial charge in [0.15, 0.2) is 0 Å². The highest BCUT2D eigenvalue weighted by molar-refractivity contribution is 5.81. The third kappa shape index (κ3) is 3.67. The summed E-state index contributed by atoms with van der Waals surface area (Å²) < 4.78 is 1.51. The molecule has 26 heavy (non-hydrogen) atoms. The minimum Gasteiger partial charge on any atom is -0.350 e. The Kier molecular flexibility index (Phi) is 4.89. The number of amides is 1. The van der Waals surface area contributed by atoms with Crippen molar-refractivity contribution in [1.29, 1.82) is 0 Å². The van der Waals surface area contributed by atoms with E-state index >= 15 is 0 Å². The summed E-state index contributed by atoms with van der Waals surface area (Å²) in [7, 11) is 0. The number of hydrogen-bond donors (Lipinski definition) is 1. The van der Waals surface area contributed by atoms with E-state index in [-0.39, 0.29) is 18.0 Å². The number of benzene rings is 2. The number of carbonyl (C=O) groups excluding carboxylic acids is 1. The molecule has 1 heterocycles. The Balaban J connectivity index is 1.86. The van der Waals surface area contributed by atoms with Crippen LogP contribution in [0.1, 0.15) is 27.9 Å². The van der Waals surface area contributed by atoms with Crippen LogP contribution in [-0.4, -0.2) is 15.5 Å². The quantitative estimate of drug-likeness (QED) is 0.788. The zero-order chi connectivity index (χ0) is 18.8. The van der Waals surface area contributed by atoms with Crippen LogP contribution in [0.15, 0.2) is 41.2 Å². The third-order valence-corrected chi connectivity index (χ3v) is 4.64. The zero-order valence-corrected chi connectivity index (χ0v) is 15.6. The molecule has 134 valence electrons. The van der Waals surface area contributed by atoms with E-state index in [9.17, 15) is 9.59 Å². The van der Waals surface area contributed by atoms with E-state index in [0.29, 0.717) is 17.8 Å². The Morgan fingerprint density at radius 1 is 1.04 bits per heavy atom. The number of fused-ring (bicyclic) bond motifs is 1. The van der Waals surface area contributed by atoms with Gasteiger partial charge in [-0.05, 0) is 56.5 Å². The molecule has 0 aliphatic carbocycles. The van der Waals surface area contributed by atoms with E-state index in [1.54, 1.807) is 6.92 Å². The lowest BCUT2D eigenvalue weighted by molar-refractivity contribution is -0.121. The fourth-order valence-electron chi connectivity index (χ4n) is 2.89. The highest BCUT2D eigenvalue weighted by Gasteiger charge is 2.12. The molecule has 0 unspecified atom stereocenters. The number of aromatic nitrogens is 2. The van der Waals surface area contributed by atoms with Crippen molar-refractivity contribution in [3.05, 3.63) is 74.7 Å². The largest absolute Gasteiger partial charge is 0.350 e. The first-order valence-electron chi connectivity index (χ1n) is 8.66. The number of carbonyl (C=O) groups is 1. The second-order valence-corrected chi connectivity index (χ2v) is 6.78. The standard InChI is InChI=1S/C21H23N3O2/c1-13-5-7-17(8-6-13)11-22-20(25)12-24-19-10-15(3)14(2)9-18(19)23-16(4)21(24)26/h5-10H,11-12H2,1-4H3,(H,22,25). The van der Waals surface area contributed by atoms with Gasteiger partial charge in [0.2, 0.25) is 5.91 Å². The van der Waals surface area contributed by atoms with Crippen LogP contribution < -0.4 is 10.9 Å². The van der Waals surface area contributed by atoms with E-state index in [1.165, 1.54) is 10.1 Å². The lowest BCUT2D eigenvalue weighted by Gasteiger charge is -2.13. The second-order valence-electron chi connectivity index (χ2n) is 6.78. The van der Waals surface area contributed by atoms with Crippen LogP contribution in [0.5, 0.6) is 0 Å². The number of nitrogens with one attached hydrogen (secondary N) is 1. The predicted molar refractivity (Wildman–Crippen MR) is 103 cm³/mol. The highest BCUT2D eigenvalue weighted by atomic mass is 16.2. The van der Waals surface area contributed by atoms with Crippen LogP contribution in [0.4, 0.5) is 0 Å². The molecule has 3 aromatic rings. The Hall–Kier alpha value is -2.95.